The molecule has 0 fully saturated rings. The van der Waals surface area contributed by atoms with E-state index in [1.807, 2.05) is 20.8 Å². The van der Waals surface area contributed by atoms with Crippen molar-refractivity contribution in [2.45, 2.75) is 66.6 Å². The maximum atomic E-state index is 9.89. The van der Waals surface area contributed by atoms with E-state index in [2.05, 4.69) is 30.9 Å². The molecule has 0 aliphatic rings. The van der Waals surface area contributed by atoms with Gasteiger partial charge >= 0.3 is 0 Å². The summed E-state index contributed by atoms with van der Waals surface area (Å²) in [7, 11) is 0. The number of aliphatic hydroxyl groups excluding tert-OH is 1. The van der Waals surface area contributed by atoms with Crippen molar-refractivity contribution in [1.82, 2.24) is 10.1 Å². The molecule has 1 rings (SSSR count). The first-order valence-corrected chi connectivity index (χ1v) is 7.31. The van der Waals surface area contributed by atoms with Gasteiger partial charge in [0, 0.05) is 6.61 Å². The Bertz CT molecular complexity index is 399. The summed E-state index contributed by atoms with van der Waals surface area (Å²) in [6.45, 7) is 14.6. The van der Waals surface area contributed by atoms with Crippen LogP contribution in [0.3, 0.4) is 0 Å². The third-order valence-corrected chi connectivity index (χ3v) is 3.33. The molecule has 3 unspecified atom stereocenters. The van der Waals surface area contributed by atoms with Crippen LogP contribution in [0, 0.1) is 11.3 Å². The molecule has 0 saturated carbocycles. The van der Waals surface area contributed by atoms with Crippen molar-refractivity contribution >= 4 is 0 Å². The summed E-state index contributed by atoms with van der Waals surface area (Å²) in [5.74, 6) is 1.11. The average Bonchev–Trinajstić information content (AvgIpc) is 2.71. The van der Waals surface area contributed by atoms with Crippen LogP contribution in [0.1, 0.15) is 72.2 Å². The molecule has 0 amide bonds. The van der Waals surface area contributed by atoms with E-state index >= 15 is 0 Å². The standard InChI is InChI=1S/C15H28N2O3/c1-8-19-12(15(5,6)7)13-16-14(20-17-13)11(9(2)3)10(4)18/h9-12,18H,8H2,1-7H3. The first-order chi connectivity index (χ1) is 9.18. The number of hydrogen-bond acceptors (Lipinski definition) is 5. The van der Waals surface area contributed by atoms with Crippen molar-refractivity contribution in [2.75, 3.05) is 6.61 Å². The fourth-order valence-electron chi connectivity index (χ4n) is 2.42. The van der Waals surface area contributed by atoms with Gasteiger partial charge in [0.2, 0.25) is 11.7 Å². The highest BCUT2D eigenvalue weighted by atomic mass is 16.5. The topological polar surface area (TPSA) is 68.4 Å². The minimum atomic E-state index is -0.525. The molecule has 1 N–H and O–H groups in total. The van der Waals surface area contributed by atoms with Gasteiger partial charge in [-0.05, 0) is 25.2 Å². The van der Waals surface area contributed by atoms with Crippen LogP contribution >= 0.6 is 0 Å². The maximum Gasteiger partial charge on any atom is 0.232 e. The lowest BCUT2D eigenvalue weighted by Gasteiger charge is -2.27. The average molecular weight is 284 g/mol. The molecule has 5 nitrogen and oxygen atoms in total. The lowest BCUT2D eigenvalue weighted by atomic mass is 9.88. The van der Waals surface area contributed by atoms with Gasteiger partial charge < -0.3 is 14.4 Å². The number of rotatable bonds is 6. The maximum absolute atomic E-state index is 9.89. The summed E-state index contributed by atoms with van der Waals surface area (Å²) in [5.41, 5.74) is -0.116. The first-order valence-electron chi connectivity index (χ1n) is 7.31. The van der Waals surface area contributed by atoms with Gasteiger partial charge in [-0.2, -0.15) is 4.98 Å². The molecule has 1 aromatic heterocycles. The van der Waals surface area contributed by atoms with Crippen molar-refractivity contribution in [3.05, 3.63) is 11.7 Å². The minimum absolute atomic E-state index is 0.116. The number of hydrogen-bond donors (Lipinski definition) is 1. The third-order valence-electron chi connectivity index (χ3n) is 3.33. The van der Waals surface area contributed by atoms with Gasteiger partial charge in [-0.25, -0.2) is 0 Å². The van der Waals surface area contributed by atoms with Gasteiger partial charge in [-0.15, -0.1) is 0 Å². The van der Waals surface area contributed by atoms with Crippen molar-refractivity contribution in [1.29, 1.82) is 0 Å². The van der Waals surface area contributed by atoms with Gasteiger partial charge in [0.05, 0.1) is 12.0 Å². The second kappa shape index (κ2) is 6.68. The molecule has 0 aliphatic carbocycles. The van der Waals surface area contributed by atoms with Crippen LogP contribution < -0.4 is 0 Å². The predicted octanol–water partition coefficient (Wildman–Crippen LogP) is 3.31. The van der Waals surface area contributed by atoms with Crippen LogP contribution in [0.25, 0.3) is 0 Å². The van der Waals surface area contributed by atoms with Crippen molar-refractivity contribution < 1.29 is 14.4 Å². The summed E-state index contributed by atoms with van der Waals surface area (Å²) in [4.78, 5) is 4.48. The Balaban J connectivity index is 3.05. The molecule has 116 valence electrons. The first kappa shape index (κ1) is 17.1. The SMILES string of the molecule is CCOC(c1noc(C(C(C)C)C(C)O)n1)C(C)(C)C. The number of ether oxygens (including phenoxy) is 1. The van der Waals surface area contributed by atoms with Crippen LogP contribution in [0.5, 0.6) is 0 Å². The Morgan fingerprint density at radius 1 is 1.25 bits per heavy atom. The largest absolute Gasteiger partial charge is 0.393 e. The van der Waals surface area contributed by atoms with Gasteiger partial charge in [-0.3, -0.25) is 0 Å². The Morgan fingerprint density at radius 3 is 2.25 bits per heavy atom. The summed E-state index contributed by atoms with van der Waals surface area (Å²) >= 11 is 0. The fraction of sp³-hybridized carbons (Fsp3) is 0.867. The van der Waals surface area contributed by atoms with Crippen LogP contribution in [-0.4, -0.2) is 28.0 Å². The molecule has 0 radical (unpaired) electrons. The Morgan fingerprint density at radius 2 is 1.85 bits per heavy atom. The third kappa shape index (κ3) is 4.03. The van der Waals surface area contributed by atoms with Crippen LogP contribution in [0.4, 0.5) is 0 Å². The van der Waals surface area contributed by atoms with E-state index in [-0.39, 0.29) is 23.4 Å². The summed E-state index contributed by atoms with van der Waals surface area (Å²) in [5, 5.41) is 14.0. The number of aromatic nitrogens is 2. The lowest BCUT2D eigenvalue weighted by molar-refractivity contribution is -0.0203. The smallest absolute Gasteiger partial charge is 0.232 e. The van der Waals surface area contributed by atoms with Crippen LogP contribution in [-0.2, 0) is 4.74 Å². The zero-order valence-electron chi connectivity index (χ0n) is 13.7. The van der Waals surface area contributed by atoms with E-state index in [1.165, 1.54) is 0 Å². The second-order valence-electron chi connectivity index (χ2n) is 6.70. The molecule has 0 saturated heterocycles. The second-order valence-corrected chi connectivity index (χ2v) is 6.70. The molecule has 1 aromatic rings. The van der Waals surface area contributed by atoms with Gasteiger partial charge in [0.15, 0.2) is 0 Å². The summed E-state index contributed by atoms with van der Waals surface area (Å²) in [6.07, 6.45) is -0.740. The molecular weight excluding hydrogens is 256 g/mol. The molecule has 1 heterocycles. The molecule has 0 aliphatic heterocycles. The predicted molar refractivity (Wildman–Crippen MR) is 77.4 cm³/mol. The monoisotopic (exact) mass is 284 g/mol. The molecule has 20 heavy (non-hydrogen) atoms. The molecule has 5 heteroatoms. The van der Waals surface area contributed by atoms with E-state index in [0.717, 1.165) is 0 Å². The number of nitrogens with zero attached hydrogens (tertiary/aromatic N) is 2. The summed E-state index contributed by atoms with van der Waals surface area (Å²) in [6, 6.07) is 0. The highest BCUT2D eigenvalue weighted by Gasteiger charge is 2.33. The quantitative estimate of drug-likeness (QED) is 0.868. The molecule has 0 aromatic carbocycles. The molecule has 0 bridgehead atoms. The zero-order valence-corrected chi connectivity index (χ0v) is 13.7. The Hall–Kier alpha value is -0.940. The molecule has 3 atom stereocenters. The highest BCUT2D eigenvalue weighted by molar-refractivity contribution is 5.02. The van der Waals surface area contributed by atoms with Crippen LogP contribution in [0.15, 0.2) is 4.52 Å². The van der Waals surface area contributed by atoms with Crippen LogP contribution in [0.2, 0.25) is 0 Å². The van der Waals surface area contributed by atoms with Gasteiger partial charge in [-0.1, -0.05) is 39.8 Å². The summed E-state index contributed by atoms with van der Waals surface area (Å²) < 4.78 is 11.1. The van der Waals surface area contributed by atoms with E-state index in [4.69, 9.17) is 9.26 Å². The lowest BCUT2D eigenvalue weighted by Crippen LogP contribution is -2.23. The van der Waals surface area contributed by atoms with E-state index in [0.29, 0.717) is 18.3 Å². The van der Waals surface area contributed by atoms with Crippen molar-refractivity contribution in [3.8, 4) is 0 Å². The van der Waals surface area contributed by atoms with E-state index in [1.54, 1.807) is 6.92 Å². The van der Waals surface area contributed by atoms with E-state index in [9.17, 15) is 5.11 Å². The van der Waals surface area contributed by atoms with E-state index < -0.39 is 6.10 Å². The minimum Gasteiger partial charge on any atom is -0.393 e. The normalized spacial score (nSPS) is 17.2. The van der Waals surface area contributed by atoms with Crippen molar-refractivity contribution in [3.63, 3.8) is 0 Å². The molecular formula is C15H28N2O3. The van der Waals surface area contributed by atoms with Gasteiger partial charge in [0.25, 0.3) is 0 Å². The highest BCUT2D eigenvalue weighted by Crippen LogP contribution is 2.36. The Kier molecular flexibility index (Phi) is 5.71. The fourth-order valence-corrected chi connectivity index (χ4v) is 2.42. The zero-order chi connectivity index (χ0) is 15.5. The number of aliphatic hydroxyl groups is 1. The Labute approximate surface area is 121 Å². The van der Waals surface area contributed by atoms with Gasteiger partial charge in [0.1, 0.15) is 6.10 Å². The molecule has 0 spiro atoms. The van der Waals surface area contributed by atoms with Crippen molar-refractivity contribution in [2.24, 2.45) is 11.3 Å².